The van der Waals surface area contributed by atoms with E-state index in [0.29, 0.717) is 12.4 Å². The zero-order valence-corrected chi connectivity index (χ0v) is 9.75. The molecule has 1 aromatic carbocycles. The van der Waals surface area contributed by atoms with Gasteiger partial charge in [0.15, 0.2) is 6.61 Å². The van der Waals surface area contributed by atoms with Crippen molar-refractivity contribution in [2.24, 2.45) is 0 Å². The van der Waals surface area contributed by atoms with E-state index < -0.39 is 0 Å². The molecule has 0 atom stereocenters. The van der Waals surface area contributed by atoms with Crippen LogP contribution in [0.15, 0.2) is 18.2 Å². The van der Waals surface area contributed by atoms with Gasteiger partial charge in [0.05, 0.1) is 5.69 Å². The standard InChI is InChI=1S/C11H13ClN2O2/c1-13-8-2-3-10-9(6-8)14(5-4-12)11(15)7-16-10/h2-3,6,13H,4-5,7H2,1H3. The van der Waals surface area contributed by atoms with Crippen molar-refractivity contribution in [3.63, 3.8) is 0 Å². The Hall–Kier alpha value is -1.42. The normalized spacial score (nSPS) is 14.4. The average molecular weight is 241 g/mol. The number of anilines is 2. The number of rotatable bonds is 3. The smallest absolute Gasteiger partial charge is 0.265 e. The lowest BCUT2D eigenvalue weighted by molar-refractivity contribution is -0.121. The van der Waals surface area contributed by atoms with Crippen LogP contribution in [-0.4, -0.2) is 32.0 Å². The van der Waals surface area contributed by atoms with Crippen LogP contribution in [-0.2, 0) is 4.79 Å². The number of nitrogens with one attached hydrogen (secondary N) is 1. The van der Waals surface area contributed by atoms with E-state index in [0.717, 1.165) is 17.1 Å². The third-order valence-corrected chi connectivity index (χ3v) is 2.67. The van der Waals surface area contributed by atoms with E-state index in [9.17, 15) is 4.79 Å². The molecular weight excluding hydrogens is 228 g/mol. The lowest BCUT2D eigenvalue weighted by Gasteiger charge is -2.29. The lowest BCUT2D eigenvalue weighted by atomic mass is 10.2. The van der Waals surface area contributed by atoms with E-state index in [2.05, 4.69) is 5.32 Å². The number of carbonyl (C=O) groups is 1. The summed E-state index contributed by atoms with van der Waals surface area (Å²) in [6.07, 6.45) is 0. The van der Waals surface area contributed by atoms with E-state index in [-0.39, 0.29) is 12.5 Å². The van der Waals surface area contributed by atoms with Crippen molar-refractivity contribution in [3.05, 3.63) is 18.2 Å². The number of halogens is 1. The van der Waals surface area contributed by atoms with Gasteiger partial charge in [0, 0.05) is 25.2 Å². The minimum Gasteiger partial charge on any atom is -0.482 e. The first kappa shape index (κ1) is 11.1. The fraction of sp³-hybridized carbons (Fsp3) is 0.364. The summed E-state index contributed by atoms with van der Waals surface area (Å²) < 4.78 is 5.35. The summed E-state index contributed by atoms with van der Waals surface area (Å²) in [5, 5.41) is 3.03. The van der Waals surface area contributed by atoms with Gasteiger partial charge in [-0.2, -0.15) is 0 Å². The third kappa shape index (κ3) is 1.93. The molecule has 1 amide bonds. The molecule has 1 heterocycles. The molecule has 16 heavy (non-hydrogen) atoms. The Labute approximate surface area is 99.1 Å². The topological polar surface area (TPSA) is 41.6 Å². The monoisotopic (exact) mass is 240 g/mol. The van der Waals surface area contributed by atoms with Gasteiger partial charge in [0.2, 0.25) is 0 Å². The molecule has 0 bridgehead atoms. The molecule has 1 aromatic rings. The van der Waals surface area contributed by atoms with Crippen LogP contribution < -0.4 is 15.0 Å². The van der Waals surface area contributed by atoms with Crippen LogP contribution in [0.3, 0.4) is 0 Å². The van der Waals surface area contributed by atoms with Crippen LogP contribution >= 0.6 is 11.6 Å². The molecule has 0 saturated heterocycles. The highest BCUT2D eigenvalue weighted by Crippen LogP contribution is 2.34. The number of nitrogens with zero attached hydrogens (tertiary/aromatic N) is 1. The molecule has 0 fully saturated rings. The number of carbonyl (C=O) groups excluding carboxylic acids is 1. The highest BCUT2D eigenvalue weighted by molar-refractivity contribution is 6.18. The van der Waals surface area contributed by atoms with Gasteiger partial charge in [-0.15, -0.1) is 11.6 Å². The second kappa shape index (κ2) is 4.61. The van der Waals surface area contributed by atoms with E-state index in [1.54, 1.807) is 4.90 Å². The third-order valence-electron chi connectivity index (χ3n) is 2.50. The zero-order chi connectivity index (χ0) is 11.5. The predicted molar refractivity (Wildman–Crippen MR) is 64.6 cm³/mol. The van der Waals surface area contributed by atoms with Gasteiger partial charge in [-0.3, -0.25) is 4.79 Å². The van der Waals surface area contributed by atoms with Crippen molar-refractivity contribution in [2.75, 3.05) is 36.3 Å². The second-order valence-corrected chi connectivity index (χ2v) is 3.83. The first-order valence-electron chi connectivity index (χ1n) is 5.07. The van der Waals surface area contributed by atoms with Gasteiger partial charge in [0.1, 0.15) is 5.75 Å². The number of alkyl halides is 1. The summed E-state index contributed by atoms with van der Waals surface area (Å²) in [7, 11) is 1.83. The molecule has 0 saturated carbocycles. The van der Waals surface area contributed by atoms with E-state index in [4.69, 9.17) is 16.3 Å². The largest absolute Gasteiger partial charge is 0.482 e. The summed E-state index contributed by atoms with van der Waals surface area (Å²) in [4.78, 5) is 13.3. The molecule has 0 aliphatic carbocycles. The number of fused-ring (bicyclic) bond motifs is 1. The Kier molecular flexibility index (Phi) is 3.19. The molecule has 86 valence electrons. The Balaban J connectivity index is 2.39. The SMILES string of the molecule is CNc1ccc2c(c1)N(CCCl)C(=O)CO2. The fourth-order valence-corrected chi connectivity index (χ4v) is 1.86. The molecule has 0 unspecified atom stereocenters. The number of hydrogen-bond acceptors (Lipinski definition) is 3. The van der Waals surface area contributed by atoms with Crippen molar-refractivity contribution in [2.45, 2.75) is 0 Å². The van der Waals surface area contributed by atoms with Gasteiger partial charge in [-0.25, -0.2) is 0 Å². The summed E-state index contributed by atoms with van der Waals surface area (Å²) >= 11 is 5.69. The van der Waals surface area contributed by atoms with Crippen LogP contribution in [0.2, 0.25) is 0 Å². The maximum atomic E-state index is 11.7. The molecular formula is C11H13ClN2O2. The van der Waals surface area contributed by atoms with Crippen LogP contribution in [0, 0.1) is 0 Å². The minimum atomic E-state index is -0.0543. The van der Waals surface area contributed by atoms with Crippen LogP contribution in [0.25, 0.3) is 0 Å². The van der Waals surface area contributed by atoms with E-state index in [1.165, 1.54) is 0 Å². The van der Waals surface area contributed by atoms with Crippen molar-refractivity contribution in [1.29, 1.82) is 0 Å². The Bertz CT molecular complexity index is 409. The second-order valence-electron chi connectivity index (χ2n) is 3.46. The van der Waals surface area contributed by atoms with E-state index in [1.807, 2.05) is 25.2 Å². The van der Waals surface area contributed by atoms with Crippen molar-refractivity contribution < 1.29 is 9.53 Å². The van der Waals surface area contributed by atoms with Gasteiger partial charge in [-0.05, 0) is 18.2 Å². The number of hydrogen-bond donors (Lipinski definition) is 1. The van der Waals surface area contributed by atoms with Gasteiger partial charge >= 0.3 is 0 Å². The molecule has 0 spiro atoms. The lowest BCUT2D eigenvalue weighted by Crippen LogP contribution is -2.39. The van der Waals surface area contributed by atoms with Gasteiger partial charge < -0.3 is 15.0 Å². The summed E-state index contributed by atoms with van der Waals surface area (Å²) in [5.74, 6) is 1.08. The van der Waals surface area contributed by atoms with Crippen molar-refractivity contribution in [1.82, 2.24) is 0 Å². The Morgan fingerprint density at radius 3 is 3.06 bits per heavy atom. The summed E-state index contributed by atoms with van der Waals surface area (Å²) in [6.45, 7) is 0.590. The van der Waals surface area contributed by atoms with Crippen LogP contribution in [0.1, 0.15) is 0 Å². The maximum absolute atomic E-state index is 11.7. The van der Waals surface area contributed by atoms with Crippen LogP contribution in [0.4, 0.5) is 11.4 Å². The minimum absolute atomic E-state index is 0.0543. The van der Waals surface area contributed by atoms with Crippen molar-refractivity contribution >= 4 is 28.9 Å². The Morgan fingerprint density at radius 2 is 2.38 bits per heavy atom. The first-order chi connectivity index (χ1) is 7.76. The fourth-order valence-electron chi connectivity index (χ4n) is 1.69. The number of benzene rings is 1. The maximum Gasteiger partial charge on any atom is 0.265 e. The number of ether oxygens (including phenoxy) is 1. The molecule has 1 N–H and O–H groups in total. The van der Waals surface area contributed by atoms with Crippen molar-refractivity contribution in [3.8, 4) is 5.75 Å². The number of amides is 1. The quantitative estimate of drug-likeness (QED) is 0.818. The van der Waals surface area contributed by atoms with Gasteiger partial charge in [0.25, 0.3) is 5.91 Å². The highest BCUT2D eigenvalue weighted by atomic mass is 35.5. The molecule has 2 rings (SSSR count). The predicted octanol–water partition coefficient (Wildman–Crippen LogP) is 1.69. The average Bonchev–Trinajstić information content (AvgIpc) is 2.32. The van der Waals surface area contributed by atoms with Gasteiger partial charge in [-0.1, -0.05) is 0 Å². The molecule has 4 nitrogen and oxygen atoms in total. The van der Waals surface area contributed by atoms with Crippen LogP contribution in [0.5, 0.6) is 5.75 Å². The Morgan fingerprint density at radius 1 is 1.56 bits per heavy atom. The summed E-state index contributed by atoms with van der Waals surface area (Å²) in [5.41, 5.74) is 1.72. The molecule has 1 aliphatic heterocycles. The zero-order valence-electron chi connectivity index (χ0n) is 9.00. The summed E-state index contributed by atoms with van der Waals surface area (Å²) in [6, 6.07) is 5.65. The molecule has 1 aliphatic rings. The first-order valence-corrected chi connectivity index (χ1v) is 5.60. The van der Waals surface area contributed by atoms with E-state index >= 15 is 0 Å². The molecule has 5 heteroatoms. The molecule has 0 radical (unpaired) electrons. The molecule has 0 aromatic heterocycles. The highest BCUT2D eigenvalue weighted by Gasteiger charge is 2.24.